The second kappa shape index (κ2) is 7.88. The molecule has 1 aliphatic carbocycles. The van der Waals surface area contributed by atoms with Gasteiger partial charge in [-0.15, -0.1) is 0 Å². The summed E-state index contributed by atoms with van der Waals surface area (Å²) >= 11 is 0. The van der Waals surface area contributed by atoms with E-state index in [-0.39, 0.29) is 24.9 Å². The number of amides is 1. The molecular formula is C17H21N5O3S. The maximum absolute atomic E-state index is 12.1. The van der Waals surface area contributed by atoms with Crippen LogP contribution in [0.15, 0.2) is 30.7 Å². The molecule has 0 aliphatic heterocycles. The van der Waals surface area contributed by atoms with Gasteiger partial charge in [-0.2, -0.15) is 0 Å². The molecule has 0 unspecified atom stereocenters. The highest BCUT2D eigenvalue weighted by atomic mass is 32.2. The van der Waals surface area contributed by atoms with E-state index in [9.17, 15) is 13.2 Å². The fourth-order valence-corrected chi connectivity index (χ4v) is 3.42. The zero-order chi connectivity index (χ0) is 18.6. The van der Waals surface area contributed by atoms with E-state index in [2.05, 4.69) is 25.0 Å². The average molecular weight is 375 g/mol. The van der Waals surface area contributed by atoms with Gasteiger partial charge < -0.3 is 5.32 Å². The maximum atomic E-state index is 12.1. The maximum Gasteiger partial charge on any atom is 0.221 e. The molecule has 2 aromatic rings. The second-order valence-electron chi connectivity index (χ2n) is 6.27. The number of nitrogens with zero attached hydrogens (tertiary/aromatic N) is 3. The number of pyridine rings is 1. The predicted octanol–water partition coefficient (Wildman–Crippen LogP) is 0.971. The molecule has 1 amide bonds. The van der Waals surface area contributed by atoms with Gasteiger partial charge in [-0.3, -0.25) is 9.78 Å². The van der Waals surface area contributed by atoms with E-state index in [4.69, 9.17) is 0 Å². The second-order valence-corrected chi connectivity index (χ2v) is 8.10. The van der Waals surface area contributed by atoms with Crippen LogP contribution in [0.5, 0.6) is 0 Å². The topological polar surface area (TPSA) is 114 Å². The molecule has 138 valence electrons. The number of sulfonamides is 1. The first-order valence-electron chi connectivity index (χ1n) is 8.42. The van der Waals surface area contributed by atoms with Crippen molar-refractivity contribution in [2.75, 3.05) is 12.8 Å². The minimum absolute atomic E-state index is 0.0840. The summed E-state index contributed by atoms with van der Waals surface area (Å²) in [5.41, 5.74) is 2.71. The van der Waals surface area contributed by atoms with Crippen LogP contribution in [0, 0.1) is 0 Å². The molecule has 0 spiro atoms. The predicted molar refractivity (Wildman–Crippen MR) is 96.5 cm³/mol. The van der Waals surface area contributed by atoms with Crippen molar-refractivity contribution in [3.05, 3.63) is 42.0 Å². The minimum Gasteiger partial charge on any atom is -0.349 e. The number of nitrogens with one attached hydrogen (secondary N) is 2. The number of fused-ring (bicyclic) bond motifs is 1. The van der Waals surface area contributed by atoms with Gasteiger partial charge in [0.15, 0.2) is 5.82 Å². The Morgan fingerprint density at radius 3 is 2.92 bits per heavy atom. The molecule has 2 N–H and O–H groups in total. The van der Waals surface area contributed by atoms with Gasteiger partial charge in [0, 0.05) is 48.4 Å². The zero-order valence-electron chi connectivity index (χ0n) is 14.5. The largest absolute Gasteiger partial charge is 0.349 e. The first-order chi connectivity index (χ1) is 12.4. The van der Waals surface area contributed by atoms with Gasteiger partial charge in [0.05, 0.1) is 12.3 Å². The Labute approximate surface area is 152 Å². The average Bonchev–Trinajstić information content (AvgIpc) is 2.61. The van der Waals surface area contributed by atoms with E-state index in [0.717, 1.165) is 42.3 Å². The van der Waals surface area contributed by atoms with Gasteiger partial charge in [0.2, 0.25) is 15.9 Å². The van der Waals surface area contributed by atoms with E-state index in [1.807, 2.05) is 12.1 Å². The van der Waals surface area contributed by atoms with Gasteiger partial charge in [0.1, 0.15) is 0 Å². The molecular weight excluding hydrogens is 354 g/mol. The lowest BCUT2D eigenvalue weighted by Crippen LogP contribution is -2.34. The minimum atomic E-state index is -3.29. The normalized spacial score (nSPS) is 16.7. The third-order valence-electron chi connectivity index (χ3n) is 4.15. The third-order valence-corrected chi connectivity index (χ3v) is 4.88. The third kappa shape index (κ3) is 4.83. The summed E-state index contributed by atoms with van der Waals surface area (Å²) in [6.07, 6.45) is 8.92. The van der Waals surface area contributed by atoms with Crippen molar-refractivity contribution in [2.24, 2.45) is 0 Å². The summed E-state index contributed by atoms with van der Waals surface area (Å²) in [6.45, 7) is 0.0840. The number of aromatic nitrogens is 3. The highest BCUT2D eigenvalue weighted by molar-refractivity contribution is 7.88. The Morgan fingerprint density at radius 2 is 2.19 bits per heavy atom. The molecule has 1 aliphatic rings. The first-order valence-corrected chi connectivity index (χ1v) is 10.3. The van der Waals surface area contributed by atoms with Crippen molar-refractivity contribution < 1.29 is 13.2 Å². The highest BCUT2D eigenvalue weighted by Crippen LogP contribution is 2.29. The lowest BCUT2D eigenvalue weighted by Gasteiger charge is -2.25. The van der Waals surface area contributed by atoms with Crippen LogP contribution in [0.25, 0.3) is 11.4 Å². The molecule has 0 saturated heterocycles. The highest BCUT2D eigenvalue weighted by Gasteiger charge is 2.24. The van der Waals surface area contributed by atoms with Crippen LogP contribution < -0.4 is 10.0 Å². The van der Waals surface area contributed by atoms with Crippen LogP contribution >= 0.6 is 0 Å². The molecule has 9 heteroatoms. The lowest BCUT2D eigenvalue weighted by atomic mass is 9.92. The van der Waals surface area contributed by atoms with Crippen LogP contribution in [0.1, 0.15) is 36.6 Å². The Hall–Kier alpha value is -2.39. The number of carbonyl (C=O) groups excluding carboxylic acids is 1. The summed E-state index contributed by atoms with van der Waals surface area (Å²) in [4.78, 5) is 25.2. The molecule has 0 fully saturated rings. The molecule has 0 bridgehead atoms. The number of hydrogen-bond donors (Lipinski definition) is 2. The smallest absolute Gasteiger partial charge is 0.221 e. The van der Waals surface area contributed by atoms with Gasteiger partial charge in [0.25, 0.3) is 0 Å². The van der Waals surface area contributed by atoms with Gasteiger partial charge in [-0.05, 0) is 31.4 Å². The van der Waals surface area contributed by atoms with Gasteiger partial charge >= 0.3 is 0 Å². The van der Waals surface area contributed by atoms with E-state index >= 15 is 0 Å². The summed E-state index contributed by atoms with van der Waals surface area (Å²) in [6, 6.07) is 3.60. The Balaban J connectivity index is 1.68. The molecule has 1 atom stereocenters. The fourth-order valence-electron chi connectivity index (χ4n) is 2.95. The Morgan fingerprint density at radius 1 is 1.35 bits per heavy atom. The number of hydrogen-bond acceptors (Lipinski definition) is 6. The Kier molecular flexibility index (Phi) is 5.58. The molecule has 26 heavy (non-hydrogen) atoms. The number of aryl methyl sites for hydroxylation is 1. The molecule has 2 aromatic heterocycles. The SMILES string of the molecule is CS(=O)(=O)NCCC(=O)N[C@@H]1CCCc2nc(-c3cccnc3)ncc21. The standard InChI is InChI=1S/C17H21N5O3S/c1-26(24,25)20-9-7-16(23)21-14-5-2-6-15-13(14)11-19-17(22-15)12-4-3-8-18-10-12/h3-4,8,10-11,14,20H,2,5-7,9H2,1H3,(H,21,23)/t14-/m1/s1. The van der Waals surface area contributed by atoms with Crippen molar-refractivity contribution in [1.82, 2.24) is 25.0 Å². The van der Waals surface area contributed by atoms with E-state index in [1.54, 1.807) is 18.6 Å². The van der Waals surface area contributed by atoms with Crippen molar-refractivity contribution >= 4 is 15.9 Å². The Bertz CT molecular complexity index is 887. The summed E-state index contributed by atoms with van der Waals surface area (Å²) < 4.78 is 24.4. The molecule has 0 aromatic carbocycles. The molecule has 0 saturated carbocycles. The van der Waals surface area contributed by atoms with E-state index in [0.29, 0.717) is 5.82 Å². The quantitative estimate of drug-likeness (QED) is 0.778. The first kappa shape index (κ1) is 18.4. The van der Waals surface area contributed by atoms with Crippen molar-refractivity contribution in [2.45, 2.75) is 31.7 Å². The monoisotopic (exact) mass is 375 g/mol. The fraction of sp³-hybridized carbons (Fsp3) is 0.412. The summed E-state index contributed by atoms with van der Waals surface area (Å²) in [5.74, 6) is 0.427. The number of carbonyl (C=O) groups is 1. The summed E-state index contributed by atoms with van der Waals surface area (Å²) in [5, 5.41) is 2.95. The van der Waals surface area contributed by atoms with Crippen LogP contribution in [-0.4, -0.2) is 42.1 Å². The van der Waals surface area contributed by atoms with Crippen molar-refractivity contribution in [3.63, 3.8) is 0 Å². The van der Waals surface area contributed by atoms with Crippen LogP contribution in [0.4, 0.5) is 0 Å². The van der Waals surface area contributed by atoms with E-state index < -0.39 is 10.0 Å². The lowest BCUT2D eigenvalue weighted by molar-refractivity contribution is -0.121. The van der Waals surface area contributed by atoms with Crippen LogP contribution in [0.3, 0.4) is 0 Å². The number of rotatable bonds is 6. The van der Waals surface area contributed by atoms with E-state index in [1.165, 1.54) is 0 Å². The van der Waals surface area contributed by atoms with Crippen molar-refractivity contribution in [3.8, 4) is 11.4 Å². The molecule has 8 nitrogen and oxygen atoms in total. The van der Waals surface area contributed by atoms with Crippen LogP contribution in [-0.2, 0) is 21.2 Å². The summed E-state index contributed by atoms with van der Waals surface area (Å²) in [7, 11) is -3.29. The molecule has 2 heterocycles. The van der Waals surface area contributed by atoms with Gasteiger partial charge in [-0.1, -0.05) is 0 Å². The molecule has 3 rings (SSSR count). The van der Waals surface area contributed by atoms with Crippen molar-refractivity contribution in [1.29, 1.82) is 0 Å². The van der Waals surface area contributed by atoms with Gasteiger partial charge in [-0.25, -0.2) is 23.1 Å². The zero-order valence-corrected chi connectivity index (χ0v) is 15.3. The van der Waals surface area contributed by atoms with Crippen LogP contribution in [0.2, 0.25) is 0 Å². The molecule has 0 radical (unpaired) electrons.